The quantitative estimate of drug-likeness (QED) is 0.468. The SMILES string of the molecule is CC1=CNCC(c2ccc(CN3CCN(C(C)(C#N)CN=[N+]=[N-])CC3)cc2)=C1. The van der Waals surface area contributed by atoms with E-state index in [0.29, 0.717) is 0 Å². The van der Waals surface area contributed by atoms with Gasteiger partial charge >= 0.3 is 0 Å². The van der Waals surface area contributed by atoms with Crippen LogP contribution in [-0.2, 0) is 6.54 Å². The Labute approximate surface area is 166 Å². The number of nitriles is 1. The number of allylic oxidation sites excluding steroid dienone is 2. The second-order valence-corrected chi connectivity index (χ2v) is 7.67. The van der Waals surface area contributed by atoms with Gasteiger partial charge in [-0.1, -0.05) is 35.5 Å². The van der Waals surface area contributed by atoms with Crippen molar-refractivity contribution in [2.45, 2.75) is 25.9 Å². The molecule has 1 fully saturated rings. The van der Waals surface area contributed by atoms with Crippen LogP contribution in [0.1, 0.15) is 25.0 Å². The first kappa shape index (κ1) is 20.0. The molecule has 0 aromatic heterocycles. The molecule has 1 atom stereocenters. The first-order valence-corrected chi connectivity index (χ1v) is 9.63. The van der Waals surface area contributed by atoms with Crippen LogP contribution in [0.3, 0.4) is 0 Å². The van der Waals surface area contributed by atoms with E-state index < -0.39 is 5.54 Å². The van der Waals surface area contributed by atoms with Crippen molar-refractivity contribution in [1.82, 2.24) is 15.1 Å². The fourth-order valence-electron chi connectivity index (χ4n) is 3.73. The molecule has 1 N–H and O–H groups in total. The molecule has 28 heavy (non-hydrogen) atoms. The van der Waals surface area contributed by atoms with E-state index in [9.17, 15) is 5.26 Å². The first-order valence-electron chi connectivity index (χ1n) is 9.63. The van der Waals surface area contributed by atoms with Gasteiger partial charge in [-0.05, 0) is 47.9 Å². The van der Waals surface area contributed by atoms with Crippen molar-refractivity contribution in [3.05, 3.63) is 63.7 Å². The fraction of sp³-hybridized carbons (Fsp3) is 0.476. The van der Waals surface area contributed by atoms with E-state index in [-0.39, 0.29) is 6.54 Å². The predicted molar refractivity (Wildman–Crippen MR) is 111 cm³/mol. The van der Waals surface area contributed by atoms with Crippen molar-refractivity contribution in [3.8, 4) is 6.07 Å². The average molecular weight is 377 g/mol. The summed E-state index contributed by atoms with van der Waals surface area (Å²) in [6, 6.07) is 11.1. The Kier molecular flexibility index (Phi) is 6.37. The number of hydrogen-bond donors (Lipinski definition) is 1. The van der Waals surface area contributed by atoms with E-state index in [1.54, 1.807) is 0 Å². The van der Waals surface area contributed by atoms with Crippen LogP contribution in [0.5, 0.6) is 0 Å². The van der Waals surface area contributed by atoms with Crippen LogP contribution in [0.15, 0.2) is 47.2 Å². The van der Waals surface area contributed by atoms with Crippen molar-refractivity contribution >= 4 is 5.57 Å². The lowest BCUT2D eigenvalue weighted by Gasteiger charge is -2.41. The normalized spacial score (nSPS) is 20.0. The third-order valence-corrected chi connectivity index (χ3v) is 5.51. The van der Waals surface area contributed by atoms with E-state index in [1.807, 2.05) is 13.1 Å². The lowest BCUT2D eigenvalue weighted by atomic mass is 9.99. The first-order chi connectivity index (χ1) is 13.5. The zero-order valence-corrected chi connectivity index (χ0v) is 16.6. The van der Waals surface area contributed by atoms with E-state index >= 15 is 0 Å². The Bertz CT molecular complexity index is 835. The van der Waals surface area contributed by atoms with Gasteiger partial charge in [-0.3, -0.25) is 9.80 Å². The lowest BCUT2D eigenvalue weighted by Crippen LogP contribution is -2.56. The Balaban J connectivity index is 1.56. The minimum Gasteiger partial charge on any atom is -0.387 e. The van der Waals surface area contributed by atoms with Crippen LogP contribution in [0.2, 0.25) is 0 Å². The summed E-state index contributed by atoms with van der Waals surface area (Å²) in [6.45, 7) is 9.30. The Morgan fingerprint density at radius 1 is 1.25 bits per heavy atom. The average Bonchev–Trinajstić information content (AvgIpc) is 2.73. The van der Waals surface area contributed by atoms with Crippen LogP contribution in [-0.4, -0.2) is 54.6 Å². The number of azide groups is 1. The maximum Gasteiger partial charge on any atom is 0.112 e. The van der Waals surface area contributed by atoms with Gasteiger partial charge in [0, 0.05) is 44.2 Å². The Morgan fingerprint density at radius 2 is 1.96 bits per heavy atom. The largest absolute Gasteiger partial charge is 0.387 e. The molecule has 0 bridgehead atoms. The monoisotopic (exact) mass is 377 g/mol. The molecule has 3 rings (SSSR count). The summed E-state index contributed by atoms with van der Waals surface area (Å²) in [7, 11) is 0. The smallest absolute Gasteiger partial charge is 0.112 e. The van der Waals surface area contributed by atoms with Crippen LogP contribution in [0, 0.1) is 11.3 Å². The number of hydrogen-bond acceptors (Lipinski definition) is 5. The van der Waals surface area contributed by atoms with Gasteiger partial charge in [-0.15, -0.1) is 0 Å². The zero-order valence-electron chi connectivity index (χ0n) is 16.6. The summed E-state index contributed by atoms with van der Waals surface area (Å²) in [5.41, 5.74) is 12.9. The summed E-state index contributed by atoms with van der Waals surface area (Å²) in [4.78, 5) is 7.34. The molecule has 1 aromatic rings. The molecule has 1 saturated heterocycles. The molecule has 2 aliphatic heterocycles. The highest BCUT2D eigenvalue weighted by atomic mass is 15.3. The van der Waals surface area contributed by atoms with Crippen molar-refractivity contribution in [2.75, 3.05) is 39.3 Å². The molecule has 0 spiro atoms. The second-order valence-electron chi connectivity index (χ2n) is 7.67. The summed E-state index contributed by atoms with van der Waals surface area (Å²) < 4.78 is 0. The second kappa shape index (κ2) is 8.94. The van der Waals surface area contributed by atoms with Crippen molar-refractivity contribution in [1.29, 1.82) is 5.26 Å². The molecule has 2 heterocycles. The highest BCUT2D eigenvalue weighted by Crippen LogP contribution is 2.21. The third kappa shape index (κ3) is 4.73. The van der Waals surface area contributed by atoms with E-state index in [0.717, 1.165) is 39.3 Å². The van der Waals surface area contributed by atoms with Gasteiger partial charge in [0.05, 0.1) is 12.6 Å². The van der Waals surface area contributed by atoms with Gasteiger partial charge in [0.15, 0.2) is 0 Å². The van der Waals surface area contributed by atoms with Crippen LogP contribution in [0.4, 0.5) is 0 Å². The fourth-order valence-corrected chi connectivity index (χ4v) is 3.73. The van der Waals surface area contributed by atoms with Gasteiger partial charge in [0.25, 0.3) is 0 Å². The maximum atomic E-state index is 9.51. The summed E-state index contributed by atoms with van der Waals surface area (Å²) in [5, 5.41) is 16.4. The predicted octanol–water partition coefficient (Wildman–Crippen LogP) is 3.29. The molecule has 1 unspecified atom stereocenters. The Hall–Kier alpha value is -2.78. The molecular formula is C21H27N7. The molecule has 0 radical (unpaired) electrons. The van der Waals surface area contributed by atoms with Gasteiger partial charge in [-0.25, -0.2) is 0 Å². The number of nitrogens with one attached hydrogen (secondary N) is 1. The highest BCUT2D eigenvalue weighted by molar-refractivity contribution is 5.70. The lowest BCUT2D eigenvalue weighted by molar-refractivity contribution is 0.0718. The minimum atomic E-state index is -0.728. The molecule has 7 nitrogen and oxygen atoms in total. The van der Waals surface area contributed by atoms with E-state index in [4.69, 9.17) is 5.53 Å². The number of benzene rings is 1. The van der Waals surface area contributed by atoms with Gasteiger partial charge in [0.2, 0.25) is 0 Å². The van der Waals surface area contributed by atoms with E-state index in [1.165, 1.54) is 22.3 Å². The minimum absolute atomic E-state index is 0.181. The van der Waals surface area contributed by atoms with Gasteiger partial charge < -0.3 is 5.32 Å². The zero-order chi connectivity index (χ0) is 20.0. The number of nitrogens with zero attached hydrogens (tertiary/aromatic N) is 6. The number of piperazine rings is 1. The molecule has 7 heteroatoms. The molecular weight excluding hydrogens is 350 g/mol. The van der Waals surface area contributed by atoms with Crippen molar-refractivity contribution in [2.24, 2.45) is 5.11 Å². The van der Waals surface area contributed by atoms with Gasteiger partial charge in [0.1, 0.15) is 5.54 Å². The third-order valence-electron chi connectivity index (χ3n) is 5.51. The molecule has 0 aliphatic carbocycles. The maximum absolute atomic E-state index is 9.51. The van der Waals surface area contributed by atoms with Gasteiger partial charge in [-0.2, -0.15) is 5.26 Å². The summed E-state index contributed by atoms with van der Waals surface area (Å²) in [5.74, 6) is 0. The highest BCUT2D eigenvalue weighted by Gasteiger charge is 2.33. The van der Waals surface area contributed by atoms with Crippen molar-refractivity contribution in [3.63, 3.8) is 0 Å². The molecule has 0 amide bonds. The van der Waals surface area contributed by atoms with Crippen LogP contribution in [0.25, 0.3) is 16.0 Å². The topological polar surface area (TPSA) is 91.1 Å². The Morgan fingerprint density at radius 3 is 2.57 bits per heavy atom. The number of dihydropyridines is 1. The molecule has 2 aliphatic rings. The summed E-state index contributed by atoms with van der Waals surface area (Å²) >= 11 is 0. The molecule has 1 aromatic carbocycles. The summed E-state index contributed by atoms with van der Waals surface area (Å²) in [6.07, 6.45) is 4.27. The van der Waals surface area contributed by atoms with E-state index in [2.05, 4.69) is 68.5 Å². The van der Waals surface area contributed by atoms with Crippen LogP contribution >= 0.6 is 0 Å². The number of rotatable bonds is 6. The van der Waals surface area contributed by atoms with Crippen molar-refractivity contribution < 1.29 is 0 Å². The molecule has 146 valence electrons. The molecule has 0 saturated carbocycles. The van der Waals surface area contributed by atoms with Crippen LogP contribution < -0.4 is 5.32 Å². The standard InChI is InChI=1S/C21H27N7/c1-17-11-20(13-24-12-17)19-5-3-18(4-6-19)14-27-7-9-28(10-8-27)21(2,15-22)16-25-26-23/h3-6,11-12,24H,7-10,13-14,16H2,1-2H3.